The summed E-state index contributed by atoms with van der Waals surface area (Å²) in [5.41, 5.74) is 0. The van der Waals surface area contributed by atoms with Crippen molar-refractivity contribution in [1.82, 2.24) is 0 Å². The molecule has 0 aromatic carbocycles. The molecule has 1 atom stereocenters. The maximum absolute atomic E-state index is 12.3. The predicted molar refractivity (Wildman–Crippen MR) is 189 cm³/mol. The summed E-state index contributed by atoms with van der Waals surface area (Å²) in [5, 5.41) is 0. The van der Waals surface area contributed by atoms with Gasteiger partial charge in [-0.3, -0.25) is 14.1 Å². The highest BCUT2D eigenvalue weighted by Gasteiger charge is 2.22. The van der Waals surface area contributed by atoms with Crippen molar-refractivity contribution in [1.29, 1.82) is 0 Å². The summed E-state index contributed by atoms with van der Waals surface area (Å²) in [5.74, 6) is -0.891. The van der Waals surface area contributed by atoms with Crippen molar-refractivity contribution in [3.8, 4) is 0 Å². The lowest BCUT2D eigenvalue weighted by molar-refractivity contribution is -0.161. The Kier molecular flexibility index (Phi) is 32.8. The van der Waals surface area contributed by atoms with Crippen molar-refractivity contribution in [3.05, 3.63) is 12.2 Å². The van der Waals surface area contributed by atoms with E-state index in [1.165, 1.54) is 109 Å². The Bertz CT molecular complexity index is 766. The summed E-state index contributed by atoms with van der Waals surface area (Å²) in [6, 6.07) is 0. The Balaban J connectivity index is 3.96. The fourth-order valence-corrected chi connectivity index (χ4v) is 5.79. The van der Waals surface area contributed by atoms with E-state index >= 15 is 0 Å². The Morgan fingerprint density at radius 3 is 1.33 bits per heavy atom. The lowest BCUT2D eigenvalue weighted by Gasteiger charge is -2.18. The highest BCUT2D eigenvalue weighted by Crippen LogP contribution is 2.36. The number of ether oxygens (including phenoxy) is 2. The molecule has 0 fully saturated rings. The van der Waals surface area contributed by atoms with E-state index < -0.39 is 32.5 Å². The van der Waals surface area contributed by atoms with Crippen LogP contribution in [0.3, 0.4) is 0 Å². The minimum Gasteiger partial charge on any atom is -0.462 e. The smallest absolute Gasteiger partial charge is 0.462 e. The third-order valence-electron chi connectivity index (χ3n) is 8.28. The number of hydrogen-bond donors (Lipinski definition) is 2. The van der Waals surface area contributed by atoms with Crippen LogP contribution in [0.4, 0.5) is 0 Å². The second-order valence-electron chi connectivity index (χ2n) is 12.9. The van der Waals surface area contributed by atoms with E-state index in [1.54, 1.807) is 0 Å². The molecule has 8 nitrogen and oxygen atoms in total. The first-order chi connectivity index (χ1) is 22.3. The summed E-state index contributed by atoms with van der Waals surface area (Å²) in [7, 11) is -4.75. The normalized spacial score (nSPS) is 12.5. The van der Waals surface area contributed by atoms with Gasteiger partial charge in [-0.05, 0) is 38.5 Å². The van der Waals surface area contributed by atoms with Crippen LogP contribution in [0, 0.1) is 0 Å². The Morgan fingerprint density at radius 1 is 0.543 bits per heavy atom. The van der Waals surface area contributed by atoms with Gasteiger partial charge in [0.25, 0.3) is 0 Å². The standard InChI is InChI=1S/C37H71O8P/c1-3-5-7-9-11-13-15-17-18-20-22-24-26-28-30-32-37(39)45-35(34-44-46(40,41)42)33-43-36(38)31-29-27-25-23-21-19-16-14-12-10-8-6-4-2/h18,20,35H,3-17,19,21-34H2,1-2H3,(H2,40,41,42)/b20-18-. The Morgan fingerprint density at radius 2 is 0.913 bits per heavy atom. The highest BCUT2D eigenvalue weighted by atomic mass is 31.2. The van der Waals surface area contributed by atoms with E-state index in [9.17, 15) is 14.2 Å². The van der Waals surface area contributed by atoms with E-state index in [0.29, 0.717) is 6.42 Å². The van der Waals surface area contributed by atoms with Crippen LogP contribution in [0.2, 0.25) is 0 Å². The SMILES string of the molecule is CCCCCCCCC/C=C\CCCCCCC(=O)OC(COC(=O)CCCCCCCCCCCCCCC)COP(=O)(O)O. The molecule has 9 heteroatoms. The number of phosphoric acid groups is 1. The average Bonchev–Trinajstić information content (AvgIpc) is 3.02. The Labute approximate surface area is 282 Å². The van der Waals surface area contributed by atoms with Gasteiger partial charge >= 0.3 is 19.8 Å². The van der Waals surface area contributed by atoms with Gasteiger partial charge in [0, 0.05) is 12.8 Å². The van der Waals surface area contributed by atoms with E-state index in [1.807, 2.05) is 0 Å². The lowest BCUT2D eigenvalue weighted by atomic mass is 10.0. The van der Waals surface area contributed by atoms with Crippen molar-refractivity contribution in [2.75, 3.05) is 13.2 Å². The molecule has 2 N–H and O–H groups in total. The zero-order valence-corrected chi connectivity index (χ0v) is 30.6. The molecule has 0 radical (unpaired) electrons. The van der Waals surface area contributed by atoms with E-state index in [-0.39, 0.29) is 19.4 Å². The van der Waals surface area contributed by atoms with Gasteiger partial charge in [-0.15, -0.1) is 0 Å². The van der Waals surface area contributed by atoms with Crippen LogP contribution in [0.25, 0.3) is 0 Å². The number of phosphoric ester groups is 1. The van der Waals surface area contributed by atoms with Gasteiger partial charge in [-0.1, -0.05) is 154 Å². The van der Waals surface area contributed by atoms with Crippen molar-refractivity contribution >= 4 is 19.8 Å². The number of allylic oxidation sites excluding steroid dienone is 2. The van der Waals surface area contributed by atoms with Crippen LogP contribution in [0.15, 0.2) is 12.2 Å². The van der Waals surface area contributed by atoms with Gasteiger partial charge in [0.1, 0.15) is 6.61 Å². The van der Waals surface area contributed by atoms with Crippen LogP contribution in [0.1, 0.15) is 194 Å². The van der Waals surface area contributed by atoms with Crippen molar-refractivity contribution in [3.63, 3.8) is 0 Å². The molecule has 0 saturated carbocycles. The number of esters is 2. The molecule has 272 valence electrons. The van der Waals surface area contributed by atoms with Crippen molar-refractivity contribution < 1.29 is 37.9 Å². The van der Waals surface area contributed by atoms with Gasteiger partial charge in [0.15, 0.2) is 6.10 Å². The summed E-state index contributed by atoms with van der Waals surface area (Å²) in [6.45, 7) is 3.67. The number of hydrogen-bond acceptors (Lipinski definition) is 6. The average molecular weight is 675 g/mol. The molecule has 0 amide bonds. The molecular weight excluding hydrogens is 603 g/mol. The molecule has 0 rings (SSSR count). The first kappa shape index (κ1) is 44.8. The minimum atomic E-state index is -4.75. The molecule has 0 spiro atoms. The van der Waals surface area contributed by atoms with E-state index in [0.717, 1.165) is 51.4 Å². The molecule has 46 heavy (non-hydrogen) atoms. The van der Waals surface area contributed by atoms with E-state index in [4.69, 9.17) is 19.3 Å². The minimum absolute atomic E-state index is 0.202. The molecular formula is C37H71O8P. The largest absolute Gasteiger partial charge is 0.469 e. The van der Waals surface area contributed by atoms with Crippen LogP contribution in [-0.2, 0) is 28.2 Å². The molecule has 0 aromatic rings. The molecule has 0 aliphatic carbocycles. The van der Waals surface area contributed by atoms with Crippen molar-refractivity contribution in [2.45, 2.75) is 200 Å². The zero-order chi connectivity index (χ0) is 34.0. The van der Waals surface area contributed by atoms with Crippen LogP contribution >= 0.6 is 7.82 Å². The molecule has 0 aliphatic rings. The van der Waals surface area contributed by atoms with Gasteiger partial charge in [-0.25, -0.2) is 4.57 Å². The van der Waals surface area contributed by atoms with Gasteiger partial charge < -0.3 is 19.3 Å². The number of unbranched alkanes of at least 4 members (excludes halogenated alkanes) is 23. The third-order valence-corrected chi connectivity index (χ3v) is 8.77. The van der Waals surface area contributed by atoms with Crippen LogP contribution in [0.5, 0.6) is 0 Å². The summed E-state index contributed by atoms with van der Waals surface area (Å²) in [4.78, 5) is 42.7. The predicted octanol–water partition coefficient (Wildman–Crippen LogP) is 11.1. The molecule has 1 unspecified atom stereocenters. The number of carbonyl (C=O) groups is 2. The monoisotopic (exact) mass is 674 g/mol. The number of rotatable bonds is 35. The molecule has 0 aliphatic heterocycles. The van der Waals surface area contributed by atoms with Gasteiger partial charge in [0.2, 0.25) is 0 Å². The topological polar surface area (TPSA) is 119 Å². The maximum atomic E-state index is 12.3. The quantitative estimate of drug-likeness (QED) is 0.0295. The first-order valence-electron chi connectivity index (χ1n) is 19.0. The third kappa shape index (κ3) is 35.6. The molecule has 0 saturated heterocycles. The molecule has 0 heterocycles. The van der Waals surface area contributed by atoms with Crippen molar-refractivity contribution in [2.24, 2.45) is 0 Å². The number of carbonyl (C=O) groups excluding carboxylic acids is 2. The molecule has 0 bridgehead atoms. The van der Waals surface area contributed by atoms with Gasteiger partial charge in [-0.2, -0.15) is 0 Å². The molecule has 0 aromatic heterocycles. The maximum Gasteiger partial charge on any atom is 0.469 e. The Hall–Kier alpha value is -1.21. The highest BCUT2D eigenvalue weighted by molar-refractivity contribution is 7.46. The van der Waals surface area contributed by atoms with Crippen LogP contribution in [-0.4, -0.2) is 41.0 Å². The lowest BCUT2D eigenvalue weighted by Crippen LogP contribution is -2.29. The fourth-order valence-electron chi connectivity index (χ4n) is 5.43. The fraction of sp³-hybridized carbons (Fsp3) is 0.892. The summed E-state index contributed by atoms with van der Waals surface area (Å²) in [6.07, 6.45) is 35.0. The van der Waals surface area contributed by atoms with Crippen LogP contribution < -0.4 is 0 Å². The second kappa shape index (κ2) is 33.7. The first-order valence-corrected chi connectivity index (χ1v) is 20.5. The van der Waals surface area contributed by atoms with E-state index in [2.05, 4.69) is 30.5 Å². The second-order valence-corrected chi connectivity index (χ2v) is 14.1. The van der Waals surface area contributed by atoms with Gasteiger partial charge in [0.05, 0.1) is 6.61 Å². The zero-order valence-electron chi connectivity index (χ0n) is 29.7. The summed E-state index contributed by atoms with van der Waals surface area (Å²) >= 11 is 0. The summed E-state index contributed by atoms with van der Waals surface area (Å²) < 4.78 is 26.3.